The number of anilines is 1. The summed E-state index contributed by atoms with van der Waals surface area (Å²) in [5.41, 5.74) is 4.11. The predicted octanol–water partition coefficient (Wildman–Crippen LogP) is 0.769. The van der Waals surface area contributed by atoms with E-state index in [1.54, 1.807) is 0 Å². The third-order valence-corrected chi connectivity index (χ3v) is 7.89. The van der Waals surface area contributed by atoms with Gasteiger partial charge in [0.2, 0.25) is 11.8 Å². The third-order valence-electron chi connectivity index (χ3n) is 7.89. The lowest BCUT2D eigenvalue weighted by Gasteiger charge is -2.36. The molecule has 10 heteroatoms. The van der Waals surface area contributed by atoms with Crippen LogP contribution in [0.15, 0.2) is 24.3 Å². The highest BCUT2D eigenvalue weighted by molar-refractivity contribution is 6.40. The van der Waals surface area contributed by atoms with Gasteiger partial charge in [-0.05, 0) is 36.3 Å². The Morgan fingerprint density at radius 1 is 1.36 bits per heavy atom. The Kier molecular flexibility index (Phi) is 5.39. The number of nitrogens with zero attached hydrogens (tertiary/aromatic N) is 2. The molecule has 2 heterocycles. The van der Waals surface area contributed by atoms with E-state index < -0.39 is 46.3 Å². The molecule has 4 amide bonds. The van der Waals surface area contributed by atoms with Gasteiger partial charge in [0.05, 0.1) is 17.7 Å². The molecule has 33 heavy (non-hydrogen) atoms. The van der Waals surface area contributed by atoms with Gasteiger partial charge in [0.1, 0.15) is 11.9 Å². The molecule has 1 saturated carbocycles. The minimum absolute atomic E-state index is 0.0686. The summed E-state index contributed by atoms with van der Waals surface area (Å²) in [6.07, 6.45) is 0.836. The fourth-order valence-corrected chi connectivity index (χ4v) is 6.27. The quantitative estimate of drug-likeness (QED) is 0.562. The van der Waals surface area contributed by atoms with E-state index in [9.17, 15) is 28.8 Å². The molecule has 174 valence electrons. The second kappa shape index (κ2) is 7.83. The van der Waals surface area contributed by atoms with Crippen LogP contribution in [0.1, 0.15) is 26.7 Å². The van der Waals surface area contributed by atoms with E-state index in [4.69, 9.17) is 5.73 Å². The minimum atomic E-state index is -1.19. The largest absolute Gasteiger partial charge is 0.368 e. The molecule has 3 fully saturated rings. The molecule has 0 bridgehead atoms. The summed E-state index contributed by atoms with van der Waals surface area (Å²) in [6, 6.07) is 6.50. The van der Waals surface area contributed by atoms with Crippen LogP contribution < -0.4 is 16.4 Å². The van der Waals surface area contributed by atoms with Crippen molar-refractivity contribution < 1.29 is 23.6 Å². The number of primary amides is 1. The first-order valence-electron chi connectivity index (χ1n) is 10.9. The van der Waals surface area contributed by atoms with Gasteiger partial charge in [-0.2, -0.15) is 5.26 Å². The average molecular weight is 455 g/mol. The highest BCUT2D eigenvalue weighted by Gasteiger charge is 2.83. The molecular formula is C23H26FN5O4. The van der Waals surface area contributed by atoms with Gasteiger partial charge in [-0.25, -0.2) is 4.39 Å². The van der Waals surface area contributed by atoms with E-state index >= 15 is 0 Å². The summed E-state index contributed by atoms with van der Waals surface area (Å²) in [7, 11) is 0. The smallest absolute Gasteiger partial charge is 0.314 e. The van der Waals surface area contributed by atoms with E-state index in [1.165, 1.54) is 18.2 Å². The second-order valence-electron chi connectivity index (χ2n) is 9.60. The fourth-order valence-electron chi connectivity index (χ4n) is 6.27. The number of nitrogens with two attached hydrogens (primary N) is 1. The summed E-state index contributed by atoms with van der Waals surface area (Å²) in [4.78, 5) is 51.6. The zero-order chi connectivity index (χ0) is 24.1. The van der Waals surface area contributed by atoms with Crippen molar-refractivity contribution >= 4 is 29.3 Å². The molecule has 1 aliphatic carbocycles. The normalized spacial score (nSPS) is 30.1. The zero-order valence-corrected chi connectivity index (χ0v) is 18.4. The maximum atomic E-state index is 13.9. The average Bonchev–Trinajstić information content (AvgIpc) is 3.13. The summed E-state index contributed by atoms with van der Waals surface area (Å²) in [5.74, 6) is -5.07. The van der Waals surface area contributed by atoms with Crippen LogP contribution in [0.25, 0.3) is 0 Å². The number of hydrogen-bond acceptors (Lipinski definition) is 5. The third kappa shape index (κ3) is 3.25. The Labute approximate surface area is 190 Å². The molecule has 5 atom stereocenters. The molecule has 3 aliphatic rings. The Balaban J connectivity index is 1.62. The standard InChI is InChI=1S/C23H26FN5O4/c1-22(2)16-11-29(21(33)20(32)28-15-6-4-3-5-14(15)24)17(18(26)30)23(16,22)13(10-25)9-12-7-8-27-19(12)31/h3-6,12-13,16-17H,7-9,11H2,1-2H3,(H2,26,30)(H,27,31)(H,28,32)/t12-,13-,16?,17?,23?/m1/s1. The number of nitrogens with one attached hydrogen (secondary N) is 2. The molecule has 2 saturated heterocycles. The van der Waals surface area contributed by atoms with Crippen LogP contribution in [-0.4, -0.2) is 47.7 Å². The number of fused-ring (bicyclic) bond motifs is 1. The number of halogens is 1. The Bertz CT molecular complexity index is 1080. The number of carbonyl (C=O) groups excluding carboxylic acids is 4. The van der Waals surface area contributed by atoms with Crippen molar-refractivity contribution in [3.8, 4) is 6.07 Å². The molecule has 0 radical (unpaired) electrons. The molecule has 0 aromatic heterocycles. The van der Waals surface area contributed by atoms with Gasteiger partial charge < -0.3 is 21.3 Å². The number of likely N-dealkylation sites (tertiary alicyclic amines) is 1. The Hall–Kier alpha value is -3.48. The molecule has 4 rings (SSSR count). The van der Waals surface area contributed by atoms with Gasteiger partial charge in [-0.3, -0.25) is 19.2 Å². The zero-order valence-electron chi connectivity index (χ0n) is 18.4. The molecule has 9 nitrogen and oxygen atoms in total. The molecule has 0 spiro atoms. The number of para-hydroxylation sites is 1. The van der Waals surface area contributed by atoms with E-state index in [0.717, 1.165) is 11.0 Å². The first-order valence-corrected chi connectivity index (χ1v) is 10.9. The van der Waals surface area contributed by atoms with Crippen molar-refractivity contribution in [2.24, 2.45) is 34.3 Å². The number of carbonyl (C=O) groups is 4. The molecule has 3 unspecified atom stereocenters. The first kappa shape index (κ1) is 22.7. The Morgan fingerprint density at radius 2 is 2.06 bits per heavy atom. The lowest BCUT2D eigenvalue weighted by Crippen LogP contribution is -2.55. The predicted molar refractivity (Wildman–Crippen MR) is 114 cm³/mol. The number of benzene rings is 1. The van der Waals surface area contributed by atoms with Crippen LogP contribution in [-0.2, 0) is 19.2 Å². The van der Waals surface area contributed by atoms with E-state index in [1.807, 2.05) is 13.8 Å². The lowest BCUT2D eigenvalue weighted by molar-refractivity contribution is -0.148. The van der Waals surface area contributed by atoms with Crippen molar-refractivity contribution in [2.45, 2.75) is 32.7 Å². The Morgan fingerprint density at radius 3 is 2.64 bits per heavy atom. The number of nitriles is 1. The first-order chi connectivity index (χ1) is 15.6. The minimum Gasteiger partial charge on any atom is -0.368 e. The topological polar surface area (TPSA) is 145 Å². The molecule has 2 aliphatic heterocycles. The van der Waals surface area contributed by atoms with Crippen LogP contribution in [0.4, 0.5) is 10.1 Å². The summed E-state index contributed by atoms with van der Waals surface area (Å²) < 4.78 is 13.9. The van der Waals surface area contributed by atoms with Crippen LogP contribution in [0, 0.1) is 45.7 Å². The van der Waals surface area contributed by atoms with Crippen molar-refractivity contribution in [3.05, 3.63) is 30.1 Å². The number of piperidine rings is 1. The van der Waals surface area contributed by atoms with Crippen molar-refractivity contribution in [3.63, 3.8) is 0 Å². The van der Waals surface area contributed by atoms with Crippen LogP contribution in [0.3, 0.4) is 0 Å². The van der Waals surface area contributed by atoms with Gasteiger partial charge in [0.15, 0.2) is 0 Å². The number of rotatable bonds is 5. The number of hydrogen-bond donors (Lipinski definition) is 3. The lowest BCUT2D eigenvalue weighted by atomic mass is 9.73. The maximum absolute atomic E-state index is 13.9. The maximum Gasteiger partial charge on any atom is 0.314 e. The fraction of sp³-hybridized carbons (Fsp3) is 0.522. The molecule has 1 aromatic rings. The number of amides is 4. The van der Waals surface area contributed by atoms with Crippen LogP contribution in [0.5, 0.6) is 0 Å². The van der Waals surface area contributed by atoms with Gasteiger partial charge in [-0.1, -0.05) is 26.0 Å². The molecule has 1 aromatic carbocycles. The van der Waals surface area contributed by atoms with Crippen molar-refractivity contribution in [1.29, 1.82) is 5.26 Å². The highest BCUT2D eigenvalue weighted by Crippen LogP contribution is 2.78. The van der Waals surface area contributed by atoms with Crippen molar-refractivity contribution in [1.82, 2.24) is 10.2 Å². The van der Waals surface area contributed by atoms with Crippen LogP contribution in [0.2, 0.25) is 0 Å². The molecule has 4 N–H and O–H groups in total. The van der Waals surface area contributed by atoms with Crippen molar-refractivity contribution in [2.75, 3.05) is 18.4 Å². The summed E-state index contributed by atoms with van der Waals surface area (Å²) in [6.45, 7) is 4.42. The summed E-state index contributed by atoms with van der Waals surface area (Å²) >= 11 is 0. The second-order valence-corrected chi connectivity index (χ2v) is 9.60. The SMILES string of the molecule is CC1(C)C2CN(C(=O)C(=O)Nc3ccccc3F)C(C(N)=O)C21[C@@H](C#N)C[C@H]1CCNC1=O. The summed E-state index contributed by atoms with van der Waals surface area (Å²) in [5, 5.41) is 15.1. The monoisotopic (exact) mass is 455 g/mol. The van der Waals surface area contributed by atoms with E-state index in [0.29, 0.717) is 13.0 Å². The van der Waals surface area contributed by atoms with Crippen LogP contribution >= 0.6 is 0 Å². The highest BCUT2D eigenvalue weighted by atomic mass is 19.1. The van der Waals surface area contributed by atoms with Gasteiger partial charge in [0.25, 0.3) is 0 Å². The van der Waals surface area contributed by atoms with Gasteiger partial charge >= 0.3 is 11.8 Å². The van der Waals surface area contributed by atoms with E-state index in [-0.39, 0.29) is 36.4 Å². The van der Waals surface area contributed by atoms with Gasteiger partial charge in [0, 0.05) is 24.4 Å². The molecular weight excluding hydrogens is 429 g/mol. The van der Waals surface area contributed by atoms with E-state index in [2.05, 4.69) is 16.7 Å². The van der Waals surface area contributed by atoms with Gasteiger partial charge in [-0.15, -0.1) is 0 Å².